The molecule has 0 radical (unpaired) electrons. The number of pyridine rings is 1. The van der Waals surface area contributed by atoms with Gasteiger partial charge in [0.15, 0.2) is 0 Å². The van der Waals surface area contributed by atoms with Crippen LogP contribution in [0.4, 0.5) is 36.6 Å². The molecule has 366 valence electrons. The number of fused-ring (bicyclic) bond motifs is 6. The number of benzene rings is 6. The summed E-state index contributed by atoms with van der Waals surface area (Å²) in [7, 11) is -7.29. The van der Waals surface area contributed by atoms with E-state index in [0.29, 0.717) is 75.7 Å². The van der Waals surface area contributed by atoms with Crippen molar-refractivity contribution in [1.82, 2.24) is 4.98 Å². The first-order valence-corrected chi connectivity index (χ1v) is 23.9. The van der Waals surface area contributed by atoms with Crippen LogP contribution in [0.25, 0.3) is 21.5 Å². The van der Waals surface area contributed by atoms with Crippen LogP contribution >= 0.6 is 7.81 Å². The Kier molecular flexibility index (Phi) is 18.1. The summed E-state index contributed by atoms with van der Waals surface area (Å²) >= 11 is 0. The Hall–Kier alpha value is -6.62. The van der Waals surface area contributed by atoms with Gasteiger partial charge in [0, 0.05) is 17.2 Å². The number of hydrogen-bond donors (Lipinski definition) is 1. The molecule has 0 saturated carbocycles. The molecule has 18 heteroatoms. The summed E-state index contributed by atoms with van der Waals surface area (Å²) in [6.07, 6.45) is 3.42. The number of para-hydroxylation sites is 4. The molecule has 0 spiro atoms. The molecule has 0 amide bonds. The van der Waals surface area contributed by atoms with E-state index in [9.17, 15) is 25.2 Å². The van der Waals surface area contributed by atoms with E-state index in [4.69, 9.17) is 33.2 Å². The van der Waals surface area contributed by atoms with Gasteiger partial charge in [0.1, 0.15) is 60.7 Å². The van der Waals surface area contributed by atoms with Crippen LogP contribution in [-0.4, -0.2) is 84.5 Å². The van der Waals surface area contributed by atoms with Crippen molar-refractivity contribution in [2.24, 2.45) is 9.98 Å². The van der Waals surface area contributed by atoms with E-state index in [2.05, 4.69) is 87.0 Å². The first-order valence-electron chi connectivity index (χ1n) is 21.8. The van der Waals surface area contributed by atoms with Crippen LogP contribution < -0.4 is 24.3 Å². The Morgan fingerprint density at radius 3 is 1.38 bits per heavy atom. The van der Waals surface area contributed by atoms with Crippen LogP contribution in [0, 0.1) is 0 Å². The first kappa shape index (κ1) is 51.8. The Bertz CT molecular complexity index is 2650. The Morgan fingerprint density at radius 1 is 0.493 bits per heavy atom. The van der Waals surface area contributed by atoms with Gasteiger partial charge in [-0.15, -0.1) is 0 Å². The fraction of sp³-hybridized carbons (Fsp3) is 0.235. The summed E-state index contributed by atoms with van der Waals surface area (Å²) in [6, 6.07) is 46.5. The van der Waals surface area contributed by atoms with Gasteiger partial charge >= 0.3 is 33.0 Å². The van der Waals surface area contributed by atoms with Crippen LogP contribution in [-0.2, 0) is 27.3 Å². The summed E-state index contributed by atoms with van der Waals surface area (Å²) in [6.45, 7) is 5.52. The second kappa shape index (κ2) is 24.1. The molecule has 11 nitrogen and oxygen atoms in total. The topological polar surface area (TPSA) is 119 Å². The standard InChI is InChI=1S/C27H29N3O5.C24H23NO2.F6P/c1-3-10-26-24(8-1)28-20-22-6-5-7-23(30-22)21-29-25-9-2-4-11-27(25)35-19-17-33-15-13-31-12-14-32-16-18-34-26;1-26-20-11-17(12-21(14-20)27-2)15-25-16-24-22-9-5-3-7-18(22)13-19-8-4-6-10-23(19)24;1-7(2,3,4,5)6/h1-11,20-21H,12-19H2;3-14,25H,15-16H2,1-2H3;/q;;-1/p+1. The third kappa shape index (κ3) is 18.8. The minimum atomic E-state index is -10.7. The van der Waals surface area contributed by atoms with Crippen LogP contribution in [0.15, 0.2) is 150 Å². The number of methoxy groups -OCH3 is 2. The summed E-state index contributed by atoms with van der Waals surface area (Å²) in [5.74, 6) is 3.02. The van der Waals surface area contributed by atoms with Crippen LogP contribution in [0.1, 0.15) is 22.5 Å². The predicted octanol–water partition coefficient (Wildman–Crippen LogP) is 12.1. The van der Waals surface area contributed by atoms with E-state index in [1.807, 2.05) is 72.8 Å². The van der Waals surface area contributed by atoms with Crippen LogP contribution in [0.2, 0.25) is 0 Å². The number of halogens is 6. The second-order valence-electron chi connectivity index (χ2n) is 15.1. The minimum absolute atomic E-state index is 0.418. The molecular weight excluding hydrogens is 926 g/mol. The SMILES string of the molecule is C1=Nc2ccccc2OCCOCCOCCOCCOc2ccccc2N=Cc2cccc1n2.COc1cc(C[NH2+]Cc2c3ccccc3cc3ccccc23)cc(OC)c1.F[P-](F)(F)(F)(F)F. The van der Waals surface area contributed by atoms with Crippen molar-refractivity contribution in [2.45, 2.75) is 13.1 Å². The molecule has 0 aliphatic carbocycles. The molecule has 2 heterocycles. The van der Waals surface area contributed by atoms with E-state index >= 15 is 0 Å². The number of nitrogens with zero attached hydrogens (tertiary/aromatic N) is 3. The average molecular weight is 979 g/mol. The Balaban J connectivity index is 0.000000204. The number of aliphatic imine (C=N–C) groups is 2. The van der Waals surface area contributed by atoms with Crippen molar-refractivity contribution >= 4 is 53.2 Å². The maximum absolute atomic E-state index is 10.7. The van der Waals surface area contributed by atoms with Gasteiger partial charge in [-0.05, 0) is 76.1 Å². The first-order chi connectivity index (χ1) is 33.1. The molecule has 0 atom stereocenters. The zero-order valence-electron chi connectivity index (χ0n) is 38.0. The number of quaternary nitrogens is 1. The molecule has 1 aliphatic rings. The zero-order chi connectivity index (χ0) is 49.0. The van der Waals surface area contributed by atoms with Crippen molar-refractivity contribution in [3.8, 4) is 23.0 Å². The van der Waals surface area contributed by atoms with Gasteiger partial charge in [0.2, 0.25) is 0 Å². The summed E-state index contributed by atoms with van der Waals surface area (Å²) in [5, 5.41) is 7.58. The van der Waals surface area contributed by atoms with E-state index in [1.54, 1.807) is 26.6 Å². The molecule has 0 fully saturated rings. The predicted molar refractivity (Wildman–Crippen MR) is 259 cm³/mol. The average Bonchev–Trinajstić information content (AvgIpc) is 3.33. The van der Waals surface area contributed by atoms with Gasteiger partial charge in [-0.25, -0.2) is 4.98 Å². The molecule has 0 unspecified atom stereocenters. The van der Waals surface area contributed by atoms with Crippen LogP contribution in [0.3, 0.4) is 0 Å². The number of ether oxygens (including phenoxy) is 7. The Morgan fingerprint density at radius 2 is 0.913 bits per heavy atom. The van der Waals surface area contributed by atoms with E-state index in [1.165, 1.54) is 32.7 Å². The number of nitrogens with two attached hydrogens (primary N) is 1. The summed E-state index contributed by atoms with van der Waals surface area (Å²) < 4.78 is 98.4. The number of hydrogen-bond acceptors (Lipinski definition) is 10. The third-order valence-corrected chi connectivity index (χ3v) is 9.93. The second-order valence-corrected chi connectivity index (χ2v) is 17.1. The molecule has 0 saturated heterocycles. The van der Waals surface area contributed by atoms with E-state index in [-0.39, 0.29) is 0 Å². The maximum atomic E-state index is 9.87. The molecule has 6 aromatic carbocycles. The summed E-state index contributed by atoms with van der Waals surface area (Å²) in [4.78, 5) is 13.8. The van der Waals surface area contributed by atoms with Crippen molar-refractivity contribution < 1.29 is 63.7 Å². The fourth-order valence-electron chi connectivity index (χ4n) is 6.91. The monoisotopic (exact) mass is 978 g/mol. The molecule has 8 rings (SSSR count). The van der Waals surface area contributed by atoms with Gasteiger partial charge in [-0.2, -0.15) is 0 Å². The molecule has 1 aromatic heterocycles. The van der Waals surface area contributed by atoms with Crippen LogP contribution in [0.5, 0.6) is 23.0 Å². The van der Waals surface area contributed by atoms with E-state index < -0.39 is 7.81 Å². The Labute approximate surface area is 395 Å². The van der Waals surface area contributed by atoms with Crippen molar-refractivity contribution in [1.29, 1.82) is 0 Å². The van der Waals surface area contributed by atoms with Crippen molar-refractivity contribution in [3.63, 3.8) is 0 Å². The molecule has 7 aromatic rings. The number of aromatic nitrogens is 1. The third-order valence-electron chi connectivity index (χ3n) is 9.93. The molecule has 2 bridgehead atoms. The summed E-state index contributed by atoms with van der Waals surface area (Å²) in [5.41, 5.74) is 5.44. The van der Waals surface area contributed by atoms with Gasteiger partial charge in [0.05, 0.1) is 77.7 Å². The quantitative estimate of drug-likeness (QED) is 0.0994. The number of rotatable bonds is 6. The van der Waals surface area contributed by atoms with Crippen molar-refractivity contribution in [3.05, 3.63) is 162 Å². The van der Waals surface area contributed by atoms with Gasteiger partial charge in [-0.1, -0.05) is 78.9 Å². The van der Waals surface area contributed by atoms with Gasteiger partial charge in [-0.3, -0.25) is 9.98 Å². The zero-order valence-corrected chi connectivity index (χ0v) is 38.9. The fourth-order valence-corrected chi connectivity index (χ4v) is 6.91. The van der Waals surface area contributed by atoms with Gasteiger partial charge in [0.25, 0.3) is 0 Å². The normalized spacial score (nSPS) is 14.8. The van der Waals surface area contributed by atoms with Crippen molar-refractivity contribution in [2.75, 3.05) is 67.1 Å². The van der Waals surface area contributed by atoms with E-state index in [0.717, 1.165) is 36.0 Å². The molecule has 69 heavy (non-hydrogen) atoms. The molecular formula is C51H53F6N4O7P. The molecule has 1 aliphatic heterocycles. The van der Waals surface area contributed by atoms with Gasteiger partial charge < -0.3 is 38.5 Å². The molecule has 2 N–H and O–H groups in total.